The molecule has 15 heavy (non-hydrogen) atoms. The molecule has 0 saturated carbocycles. The zero-order valence-corrected chi connectivity index (χ0v) is 9.57. The van der Waals surface area contributed by atoms with Gasteiger partial charge in [-0.05, 0) is 33.2 Å². The number of rotatable bonds is 5. The quantitative estimate of drug-likeness (QED) is 0.753. The van der Waals surface area contributed by atoms with E-state index in [1.54, 1.807) is 12.4 Å². The van der Waals surface area contributed by atoms with Crippen LogP contribution >= 0.6 is 0 Å². The van der Waals surface area contributed by atoms with E-state index in [9.17, 15) is 5.11 Å². The molecule has 84 valence electrons. The normalized spacial score (nSPS) is 15.0. The number of pyridine rings is 1. The van der Waals surface area contributed by atoms with Gasteiger partial charge in [0.15, 0.2) is 0 Å². The molecule has 0 saturated heterocycles. The van der Waals surface area contributed by atoms with Gasteiger partial charge >= 0.3 is 0 Å². The lowest BCUT2D eigenvalue weighted by atomic mass is 10.1. The van der Waals surface area contributed by atoms with Crippen LogP contribution in [0.15, 0.2) is 24.5 Å². The van der Waals surface area contributed by atoms with Gasteiger partial charge in [0.05, 0.1) is 5.60 Å². The van der Waals surface area contributed by atoms with E-state index in [0.717, 1.165) is 5.69 Å². The molecule has 1 heterocycles. The Morgan fingerprint density at radius 2 is 2.00 bits per heavy atom. The van der Waals surface area contributed by atoms with Crippen LogP contribution < -0.4 is 5.32 Å². The summed E-state index contributed by atoms with van der Waals surface area (Å²) >= 11 is 0. The monoisotopic (exact) mass is 209 g/mol. The van der Waals surface area contributed by atoms with Crippen molar-refractivity contribution in [1.29, 1.82) is 0 Å². The van der Waals surface area contributed by atoms with Crippen molar-refractivity contribution < 1.29 is 5.11 Å². The van der Waals surface area contributed by atoms with Gasteiger partial charge in [0.1, 0.15) is 0 Å². The first-order valence-corrected chi connectivity index (χ1v) is 5.01. The molecule has 1 rings (SSSR count). The lowest BCUT2D eigenvalue weighted by molar-refractivity contribution is 0.0460. The Morgan fingerprint density at radius 3 is 2.53 bits per heavy atom. The largest absolute Gasteiger partial charge is 0.387 e. The van der Waals surface area contributed by atoms with Crippen molar-refractivity contribution in [1.82, 2.24) is 9.88 Å². The molecule has 1 aromatic rings. The third-order valence-electron chi connectivity index (χ3n) is 2.01. The lowest BCUT2D eigenvalue weighted by Gasteiger charge is -2.27. The van der Waals surface area contributed by atoms with Crippen LogP contribution in [0, 0.1) is 0 Å². The number of aromatic nitrogens is 1. The maximum atomic E-state index is 10.0. The Morgan fingerprint density at radius 1 is 1.40 bits per heavy atom. The number of aliphatic hydroxyl groups is 1. The molecule has 4 heteroatoms. The highest BCUT2D eigenvalue weighted by atomic mass is 16.3. The molecule has 0 fully saturated rings. The first-order chi connectivity index (χ1) is 6.99. The summed E-state index contributed by atoms with van der Waals surface area (Å²) in [5, 5.41) is 13.2. The minimum absolute atomic E-state index is 0.523. The van der Waals surface area contributed by atoms with Crippen molar-refractivity contribution in [3.05, 3.63) is 24.5 Å². The van der Waals surface area contributed by atoms with E-state index in [4.69, 9.17) is 0 Å². The summed E-state index contributed by atoms with van der Waals surface area (Å²) in [5.41, 5.74) is 0.247. The summed E-state index contributed by atoms with van der Waals surface area (Å²) < 4.78 is 0. The first kappa shape index (κ1) is 11.9. The number of hydrogen-bond acceptors (Lipinski definition) is 4. The van der Waals surface area contributed by atoms with E-state index in [-0.39, 0.29) is 0 Å². The lowest BCUT2D eigenvalue weighted by Crippen LogP contribution is -2.43. The maximum Gasteiger partial charge on any atom is 0.0917 e. The van der Waals surface area contributed by atoms with Crippen LogP contribution in [0.5, 0.6) is 0 Å². The van der Waals surface area contributed by atoms with Gasteiger partial charge in [-0.1, -0.05) is 0 Å². The van der Waals surface area contributed by atoms with Gasteiger partial charge in [0.25, 0.3) is 0 Å². The smallest absolute Gasteiger partial charge is 0.0917 e. The number of nitrogens with zero attached hydrogens (tertiary/aromatic N) is 2. The van der Waals surface area contributed by atoms with Gasteiger partial charge in [0.2, 0.25) is 0 Å². The zero-order chi connectivity index (χ0) is 11.3. The summed E-state index contributed by atoms with van der Waals surface area (Å²) in [6.45, 7) is 2.97. The molecule has 1 atom stereocenters. The van der Waals surface area contributed by atoms with E-state index < -0.39 is 5.60 Å². The predicted octanol–water partition coefficient (Wildman–Crippen LogP) is 0.806. The van der Waals surface area contributed by atoms with Gasteiger partial charge in [-0.15, -0.1) is 0 Å². The average molecular weight is 209 g/mol. The molecule has 4 nitrogen and oxygen atoms in total. The third kappa shape index (κ3) is 4.76. The molecule has 1 unspecified atom stereocenters. The Hall–Kier alpha value is -1.13. The van der Waals surface area contributed by atoms with Crippen LogP contribution in [0.4, 0.5) is 5.69 Å². The van der Waals surface area contributed by atoms with Crippen molar-refractivity contribution in [2.24, 2.45) is 0 Å². The minimum atomic E-state index is -0.729. The van der Waals surface area contributed by atoms with Gasteiger partial charge in [-0.25, -0.2) is 0 Å². The van der Waals surface area contributed by atoms with Crippen LogP contribution in [0.1, 0.15) is 6.92 Å². The fourth-order valence-electron chi connectivity index (χ4n) is 1.50. The molecular formula is C11H19N3O. The minimum Gasteiger partial charge on any atom is -0.387 e. The molecule has 0 radical (unpaired) electrons. The summed E-state index contributed by atoms with van der Waals surface area (Å²) in [6.07, 6.45) is 3.45. The van der Waals surface area contributed by atoms with E-state index in [2.05, 4.69) is 10.3 Å². The van der Waals surface area contributed by atoms with Gasteiger partial charge in [0, 0.05) is 31.2 Å². The summed E-state index contributed by atoms with van der Waals surface area (Å²) in [5.74, 6) is 0. The second-order valence-electron chi connectivity index (χ2n) is 4.32. The molecule has 0 aliphatic rings. The van der Waals surface area contributed by atoms with E-state index in [1.807, 2.05) is 38.1 Å². The van der Waals surface area contributed by atoms with E-state index in [0.29, 0.717) is 13.1 Å². The first-order valence-electron chi connectivity index (χ1n) is 5.01. The predicted molar refractivity (Wildman–Crippen MR) is 61.9 cm³/mol. The van der Waals surface area contributed by atoms with Gasteiger partial charge in [-0.3, -0.25) is 4.98 Å². The summed E-state index contributed by atoms with van der Waals surface area (Å²) in [4.78, 5) is 5.89. The number of likely N-dealkylation sites (N-methyl/N-ethyl adjacent to an activating group) is 1. The maximum absolute atomic E-state index is 10.0. The van der Waals surface area contributed by atoms with Crippen LogP contribution in [-0.4, -0.2) is 47.8 Å². The van der Waals surface area contributed by atoms with Crippen molar-refractivity contribution in [2.45, 2.75) is 12.5 Å². The molecule has 2 N–H and O–H groups in total. The van der Waals surface area contributed by atoms with Crippen LogP contribution in [0.3, 0.4) is 0 Å². The fourth-order valence-corrected chi connectivity index (χ4v) is 1.50. The van der Waals surface area contributed by atoms with E-state index in [1.165, 1.54) is 0 Å². The molecule has 0 bridgehead atoms. The highest BCUT2D eigenvalue weighted by molar-refractivity contribution is 5.41. The van der Waals surface area contributed by atoms with Gasteiger partial charge < -0.3 is 15.3 Å². The summed E-state index contributed by atoms with van der Waals surface area (Å²) in [6, 6.07) is 3.76. The van der Waals surface area contributed by atoms with Crippen molar-refractivity contribution in [3.8, 4) is 0 Å². The second kappa shape index (κ2) is 5.09. The van der Waals surface area contributed by atoms with Crippen LogP contribution in [0.2, 0.25) is 0 Å². The highest BCUT2D eigenvalue weighted by Crippen LogP contribution is 2.08. The second-order valence-corrected chi connectivity index (χ2v) is 4.32. The number of nitrogens with one attached hydrogen (secondary N) is 1. The van der Waals surface area contributed by atoms with Crippen LogP contribution in [-0.2, 0) is 0 Å². The van der Waals surface area contributed by atoms with Crippen molar-refractivity contribution in [2.75, 3.05) is 32.5 Å². The Balaban J connectivity index is 2.42. The van der Waals surface area contributed by atoms with E-state index >= 15 is 0 Å². The average Bonchev–Trinajstić information content (AvgIpc) is 2.15. The molecule has 0 spiro atoms. The fraction of sp³-hybridized carbons (Fsp3) is 0.545. The standard InChI is InChI=1S/C11H19N3O/c1-11(15,9-14(2)3)8-13-10-4-6-12-7-5-10/h4-7,15H,8-9H2,1-3H3,(H,12,13). The molecule has 1 aromatic heterocycles. The Kier molecular flexibility index (Phi) is 4.05. The number of anilines is 1. The van der Waals surface area contributed by atoms with Gasteiger partial charge in [-0.2, -0.15) is 0 Å². The Bertz CT molecular complexity index is 285. The SMILES string of the molecule is CN(C)CC(C)(O)CNc1ccncc1. The summed E-state index contributed by atoms with van der Waals surface area (Å²) in [7, 11) is 3.89. The Labute approximate surface area is 90.9 Å². The van der Waals surface area contributed by atoms with Crippen LogP contribution in [0.25, 0.3) is 0 Å². The molecular weight excluding hydrogens is 190 g/mol. The molecule has 0 aliphatic heterocycles. The highest BCUT2D eigenvalue weighted by Gasteiger charge is 2.20. The molecule has 0 aliphatic carbocycles. The molecule has 0 aromatic carbocycles. The number of hydrogen-bond donors (Lipinski definition) is 2. The van der Waals surface area contributed by atoms with Crippen molar-refractivity contribution in [3.63, 3.8) is 0 Å². The zero-order valence-electron chi connectivity index (χ0n) is 9.57. The third-order valence-corrected chi connectivity index (χ3v) is 2.01. The topological polar surface area (TPSA) is 48.4 Å². The molecule has 0 amide bonds. The van der Waals surface area contributed by atoms with Crippen molar-refractivity contribution >= 4 is 5.69 Å².